The Kier molecular flexibility index (Phi) is 4.71. The van der Waals surface area contributed by atoms with Crippen LogP contribution in [-0.2, 0) is 0 Å². The van der Waals surface area contributed by atoms with Crippen molar-refractivity contribution in [1.82, 2.24) is 9.78 Å². The maximum Gasteiger partial charge on any atom is 0.252 e. The Labute approximate surface area is 167 Å². The average molecular weight is 382 g/mol. The van der Waals surface area contributed by atoms with E-state index in [0.29, 0.717) is 5.69 Å². The predicted molar refractivity (Wildman–Crippen MR) is 114 cm³/mol. The van der Waals surface area contributed by atoms with Gasteiger partial charge in [-0.15, -0.1) is 0 Å². The number of aliphatic hydroxyl groups excluding tert-OH is 1. The lowest BCUT2D eigenvalue weighted by molar-refractivity contribution is 0.455. The third-order valence-corrected chi connectivity index (χ3v) is 4.63. The molecule has 0 fully saturated rings. The number of para-hydroxylation sites is 1. The van der Waals surface area contributed by atoms with E-state index in [-0.39, 0.29) is 5.69 Å². The number of nitrogens with zero attached hydrogens (tertiary/aromatic N) is 2. The van der Waals surface area contributed by atoms with Crippen LogP contribution in [0.2, 0.25) is 0 Å². The lowest BCUT2D eigenvalue weighted by Crippen LogP contribution is -2.16. The minimum atomic E-state index is -0.768. The molecule has 4 rings (SSSR count). The van der Waals surface area contributed by atoms with Crippen molar-refractivity contribution >= 4 is 5.76 Å². The topological polar surface area (TPSA) is 75.3 Å². The van der Waals surface area contributed by atoms with E-state index in [1.165, 1.54) is 10.9 Å². The molecule has 0 saturated heterocycles. The first-order chi connectivity index (χ1) is 14.1. The summed E-state index contributed by atoms with van der Waals surface area (Å²) in [6, 6.07) is 25.5. The van der Waals surface area contributed by atoms with E-state index in [2.05, 4.69) is 11.7 Å². The highest BCUT2D eigenvalue weighted by Gasteiger charge is 2.16. The Morgan fingerprint density at radius 3 is 2.10 bits per heavy atom. The van der Waals surface area contributed by atoms with Crippen LogP contribution in [0.25, 0.3) is 33.7 Å². The molecule has 0 atom stereocenters. The molecule has 0 amide bonds. The summed E-state index contributed by atoms with van der Waals surface area (Å²) in [4.78, 5) is 12.0. The first kappa shape index (κ1) is 18.3. The van der Waals surface area contributed by atoms with Gasteiger partial charge in [0.2, 0.25) is 0 Å². The summed E-state index contributed by atoms with van der Waals surface area (Å²) in [6.07, 6.45) is 1.23. The molecule has 3 aromatic carbocycles. The molecule has 5 heteroatoms. The van der Waals surface area contributed by atoms with E-state index in [0.717, 1.165) is 22.3 Å². The highest BCUT2D eigenvalue weighted by atomic mass is 16.3. The second kappa shape index (κ2) is 7.48. The molecule has 1 heterocycles. The molecule has 0 aliphatic carbocycles. The summed E-state index contributed by atoms with van der Waals surface area (Å²) < 4.78 is 1.38. The van der Waals surface area contributed by atoms with Crippen LogP contribution in [0.3, 0.4) is 0 Å². The molecule has 0 aliphatic rings. The van der Waals surface area contributed by atoms with Crippen LogP contribution in [0.5, 0.6) is 5.75 Å². The number of aliphatic hydroxyl groups is 1. The van der Waals surface area contributed by atoms with Gasteiger partial charge in [0.15, 0.2) is 11.4 Å². The second-order valence-corrected chi connectivity index (χ2v) is 6.51. The second-order valence-electron chi connectivity index (χ2n) is 6.51. The van der Waals surface area contributed by atoms with E-state index < -0.39 is 16.9 Å². The Bertz CT molecular complexity index is 1260. The molecule has 142 valence electrons. The van der Waals surface area contributed by atoms with Crippen LogP contribution in [0.4, 0.5) is 0 Å². The molecule has 0 radical (unpaired) electrons. The van der Waals surface area contributed by atoms with Crippen molar-refractivity contribution < 1.29 is 10.2 Å². The molecule has 0 aliphatic heterocycles. The van der Waals surface area contributed by atoms with Crippen LogP contribution in [0.15, 0.2) is 96.4 Å². The first-order valence-corrected chi connectivity index (χ1v) is 9.01. The summed E-state index contributed by atoms with van der Waals surface area (Å²) in [6.45, 7) is 3.37. The molecule has 0 spiro atoms. The first-order valence-electron chi connectivity index (χ1n) is 9.01. The summed E-state index contributed by atoms with van der Waals surface area (Å²) in [5.41, 5.74) is 3.52. The van der Waals surface area contributed by atoms with Crippen LogP contribution in [-0.4, -0.2) is 20.0 Å². The number of hydrogen-bond acceptors (Lipinski definition) is 4. The zero-order chi connectivity index (χ0) is 20.4. The number of rotatable bonds is 4. The SMILES string of the molecule is C=C(O)c1nn(-c2ccccc2-c2ccccc2-c2ccccc2)cc(O)c1=O. The van der Waals surface area contributed by atoms with Crippen molar-refractivity contribution in [2.45, 2.75) is 0 Å². The van der Waals surface area contributed by atoms with Gasteiger partial charge < -0.3 is 10.2 Å². The molecule has 29 heavy (non-hydrogen) atoms. The van der Waals surface area contributed by atoms with Crippen molar-refractivity contribution in [3.8, 4) is 33.7 Å². The van der Waals surface area contributed by atoms with Crippen molar-refractivity contribution in [3.05, 3.63) is 108 Å². The fraction of sp³-hybridized carbons (Fsp3) is 0. The van der Waals surface area contributed by atoms with Crippen molar-refractivity contribution in [3.63, 3.8) is 0 Å². The largest absolute Gasteiger partial charge is 0.506 e. The normalized spacial score (nSPS) is 10.6. The van der Waals surface area contributed by atoms with Crippen molar-refractivity contribution in [2.75, 3.05) is 0 Å². The lowest BCUT2D eigenvalue weighted by atomic mass is 9.93. The summed E-state index contributed by atoms with van der Waals surface area (Å²) in [5, 5.41) is 23.9. The predicted octanol–water partition coefficient (Wildman–Crippen LogP) is 4.80. The van der Waals surface area contributed by atoms with Gasteiger partial charge in [-0.2, -0.15) is 5.10 Å². The van der Waals surface area contributed by atoms with Gasteiger partial charge >= 0.3 is 0 Å². The number of hydrogen-bond donors (Lipinski definition) is 2. The van der Waals surface area contributed by atoms with Crippen LogP contribution < -0.4 is 5.43 Å². The molecule has 5 nitrogen and oxygen atoms in total. The minimum Gasteiger partial charge on any atom is -0.506 e. The molecule has 1 aromatic heterocycles. The number of aromatic hydroxyl groups is 1. The monoisotopic (exact) mass is 382 g/mol. The van der Waals surface area contributed by atoms with Crippen LogP contribution >= 0.6 is 0 Å². The van der Waals surface area contributed by atoms with Gasteiger partial charge in [0.25, 0.3) is 5.43 Å². The Morgan fingerprint density at radius 1 is 0.828 bits per heavy atom. The molecule has 0 unspecified atom stereocenters. The Balaban J connectivity index is 1.96. The lowest BCUT2D eigenvalue weighted by Gasteiger charge is -2.16. The summed E-state index contributed by atoms with van der Waals surface area (Å²) in [5.74, 6) is -1.02. The van der Waals surface area contributed by atoms with E-state index in [9.17, 15) is 15.0 Å². The average Bonchev–Trinajstić information content (AvgIpc) is 2.76. The highest BCUT2D eigenvalue weighted by molar-refractivity contribution is 5.87. The minimum absolute atomic E-state index is 0.295. The Hall–Kier alpha value is -4.12. The van der Waals surface area contributed by atoms with Crippen molar-refractivity contribution in [1.29, 1.82) is 0 Å². The van der Waals surface area contributed by atoms with Gasteiger partial charge in [0, 0.05) is 5.56 Å². The third kappa shape index (κ3) is 3.41. The Morgan fingerprint density at radius 2 is 1.41 bits per heavy atom. The van der Waals surface area contributed by atoms with Crippen LogP contribution in [0, 0.1) is 0 Å². The summed E-state index contributed by atoms with van der Waals surface area (Å²) >= 11 is 0. The molecule has 2 N–H and O–H groups in total. The van der Waals surface area contributed by atoms with Gasteiger partial charge in [0.1, 0.15) is 5.76 Å². The molecule has 0 bridgehead atoms. The van der Waals surface area contributed by atoms with Gasteiger partial charge in [0.05, 0.1) is 11.9 Å². The van der Waals surface area contributed by atoms with E-state index in [1.54, 1.807) is 0 Å². The smallest absolute Gasteiger partial charge is 0.252 e. The molecule has 0 saturated carbocycles. The molecule has 4 aromatic rings. The fourth-order valence-electron chi connectivity index (χ4n) is 3.28. The van der Waals surface area contributed by atoms with Gasteiger partial charge in [-0.3, -0.25) is 4.79 Å². The van der Waals surface area contributed by atoms with Crippen molar-refractivity contribution in [2.24, 2.45) is 0 Å². The quantitative estimate of drug-likeness (QED) is 0.497. The zero-order valence-corrected chi connectivity index (χ0v) is 15.5. The van der Waals surface area contributed by atoms with Gasteiger partial charge in [-0.1, -0.05) is 79.4 Å². The van der Waals surface area contributed by atoms with Crippen LogP contribution in [0.1, 0.15) is 5.69 Å². The van der Waals surface area contributed by atoms with Gasteiger partial charge in [-0.25, -0.2) is 4.68 Å². The highest BCUT2D eigenvalue weighted by Crippen LogP contribution is 2.35. The summed E-state index contributed by atoms with van der Waals surface area (Å²) in [7, 11) is 0. The van der Waals surface area contributed by atoms with E-state index in [1.807, 2.05) is 78.9 Å². The molecular formula is C24H18N2O3. The number of benzene rings is 3. The fourth-order valence-corrected chi connectivity index (χ4v) is 3.28. The maximum atomic E-state index is 12.0. The standard InChI is InChI=1S/C24H18N2O3/c1-16(27)23-24(29)22(28)15-26(25-23)21-14-8-7-13-20(21)19-12-6-5-11-18(19)17-9-3-2-4-10-17/h2-15,27-28H,1H2. The van der Waals surface area contributed by atoms with Gasteiger partial charge in [-0.05, 0) is 22.8 Å². The van der Waals surface area contributed by atoms with E-state index >= 15 is 0 Å². The third-order valence-electron chi connectivity index (χ3n) is 4.63. The number of aromatic nitrogens is 2. The zero-order valence-electron chi connectivity index (χ0n) is 15.5. The maximum absolute atomic E-state index is 12.0. The van der Waals surface area contributed by atoms with E-state index in [4.69, 9.17) is 0 Å². The molecular weight excluding hydrogens is 364 g/mol.